The minimum Gasteiger partial charge on any atom is -0.306 e. The Morgan fingerprint density at radius 1 is 1.00 bits per heavy atom. The van der Waals surface area contributed by atoms with Crippen LogP contribution in [0.3, 0.4) is 0 Å². The summed E-state index contributed by atoms with van der Waals surface area (Å²) < 4.78 is 1.73. The highest BCUT2D eigenvalue weighted by molar-refractivity contribution is 6.30. The molecule has 4 aromatic rings. The van der Waals surface area contributed by atoms with Crippen molar-refractivity contribution in [2.75, 3.05) is 5.32 Å². The fraction of sp³-hybridized carbons (Fsp3) is 0.174. The number of carbonyl (C=O) groups is 1. The van der Waals surface area contributed by atoms with E-state index in [1.807, 2.05) is 54.6 Å². The number of amides is 1. The van der Waals surface area contributed by atoms with Gasteiger partial charge in [0.25, 0.3) is 5.91 Å². The summed E-state index contributed by atoms with van der Waals surface area (Å²) >= 11 is 6.01. The predicted octanol–water partition coefficient (Wildman–Crippen LogP) is 5.60. The van der Waals surface area contributed by atoms with Crippen molar-refractivity contribution in [3.8, 4) is 11.3 Å². The van der Waals surface area contributed by atoms with Crippen LogP contribution in [0, 0.1) is 0 Å². The first-order valence-corrected chi connectivity index (χ1v) is 9.72. The number of hydrogen-bond acceptors (Lipinski definition) is 3. The van der Waals surface area contributed by atoms with Gasteiger partial charge in [-0.25, -0.2) is 9.50 Å². The van der Waals surface area contributed by atoms with Crippen molar-refractivity contribution in [2.45, 2.75) is 26.2 Å². The summed E-state index contributed by atoms with van der Waals surface area (Å²) in [5.41, 5.74) is 4.19. The van der Waals surface area contributed by atoms with Gasteiger partial charge >= 0.3 is 0 Å². The third-order valence-corrected chi connectivity index (χ3v) is 5.01. The molecule has 1 N–H and O–H groups in total. The molecule has 146 valence electrons. The van der Waals surface area contributed by atoms with Gasteiger partial charge in [0.05, 0.1) is 11.9 Å². The van der Waals surface area contributed by atoms with Crippen LogP contribution in [0.5, 0.6) is 0 Å². The minimum atomic E-state index is -0.205. The number of rotatable bonds is 3. The lowest BCUT2D eigenvalue weighted by atomic mass is 9.87. The van der Waals surface area contributed by atoms with Crippen molar-refractivity contribution < 1.29 is 4.79 Å². The van der Waals surface area contributed by atoms with Gasteiger partial charge in [0.1, 0.15) is 5.82 Å². The van der Waals surface area contributed by atoms with Crippen LogP contribution in [0.1, 0.15) is 36.7 Å². The van der Waals surface area contributed by atoms with Crippen molar-refractivity contribution >= 4 is 29.0 Å². The average Bonchev–Trinajstić information content (AvgIpc) is 3.16. The summed E-state index contributed by atoms with van der Waals surface area (Å²) in [5, 5.41) is 7.90. The van der Waals surface area contributed by atoms with Gasteiger partial charge in [0.15, 0.2) is 5.65 Å². The smallest absolute Gasteiger partial charge is 0.256 e. The van der Waals surface area contributed by atoms with Crippen LogP contribution in [0.25, 0.3) is 16.9 Å². The molecule has 0 saturated heterocycles. The molecule has 6 heteroatoms. The highest BCUT2D eigenvalue weighted by atomic mass is 35.5. The molecular weight excluding hydrogens is 384 g/mol. The van der Waals surface area contributed by atoms with Crippen molar-refractivity contribution in [1.82, 2.24) is 14.6 Å². The molecule has 5 nitrogen and oxygen atoms in total. The third-order valence-electron chi connectivity index (χ3n) is 4.75. The second kappa shape index (κ2) is 7.33. The SMILES string of the molecule is CC(C)(C)c1ccc(C(=O)Nc2cc(-c3ccc(Cl)cc3)n3nccc3n2)cc1. The highest BCUT2D eigenvalue weighted by Gasteiger charge is 2.15. The zero-order valence-electron chi connectivity index (χ0n) is 16.5. The molecule has 1 amide bonds. The van der Waals surface area contributed by atoms with Crippen LogP contribution in [-0.2, 0) is 5.41 Å². The van der Waals surface area contributed by atoms with Gasteiger partial charge in [0, 0.05) is 28.3 Å². The van der Waals surface area contributed by atoms with E-state index < -0.39 is 0 Å². The molecule has 0 fully saturated rings. The Morgan fingerprint density at radius 2 is 1.69 bits per heavy atom. The summed E-state index contributed by atoms with van der Waals surface area (Å²) in [6.45, 7) is 6.43. The lowest BCUT2D eigenvalue weighted by Gasteiger charge is -2.19. The summed E-state index contributed by atoms with van der Waals surface area (Å²) in [5.74, 6) is 0.261. The van der Waals surface area contributed by atoms with Gasteiger partial charge in [-0.1, -0.05) is 56.6 Å². The number of benzene rings is 2. The Morgan fingerprint density at radius 3 is 2.34 bits per heavy atom. The molecule has 0 unspecified atom stereocenters. The van der Waals surface area contributed by atoms with Gasteiger partial charge in [-0.2, -0.15) is 5.10 Å². The van der Waals surface area contributed by atoms with Crippen LogP contribution >= 0.6 is 11.6 Å². The van der Waals surface area contributed by atoms with E-state index in [1.54, 1.807) is 16.8 Å². The largest absolute Gasteiger partial charge is 0.306 e. The number of nitrogens with one attached hydrogen (secondary N) is 1. The van der Waals surface area contributed by atoms with Crippen LogP contribution in [0.15, 0.2) is 66.9 Å². The molecule has 0 bridgehead atoms. The number of halogens is 1. The van der Waals surface area contributed by atoms with E-state index in [4.69, 9.17) is 11.6 Å². The van der Waals surface area contributed by atoms with E-state index in [0.717, 1.165) is 11.3 Å². The fourth-order valence-electron chi connectivity index (χ4n) is 3.11. The van der Waals surface area contributed by atoms with Gasteiger partial charge < -0.3 is 5.32 Å². The highest BCUT2D eigenvalue weighted by Crippen LogP contribution is 2.25. The maximum Gasteiger partial charge on any atom is 0.256 e. The van der Waals surface area contributed by atoms with Crippen molar-refractivity contribution in [2.24, 2.45) is 0 Å². The zero-order valence-corrected chi connectivity index (χ0v) is 17.2. The maximum atomic E-state index is 12.8. The molecule has 0 spiro atoms. The lowest BCUT2D eigenvalue weighted by molar-refractivity contribution is 0.102. The molecule has 0 aliphatic rings. The molecule has 2 aromatic heterocycles. The van der Waals surface area contributed by atoms with Crippen molar-refractivity contribution in [3.05, 3.63) is 83.0 Å². The Hall–Kier alpha value is -3.18. The topological polar surface area (TPSA) is 59.3 Å². The van der Waals surface area contributed by atoms with Gasteiger partial charge in [0.2, 0.25) is 0 Å². The summed E-state index contributed by atoms with van der Waals surface area (Å²) in [7, 11) is 0. The van der Waals surface area contributed by atoms with E-state index in [-0.39, 0.29) is 11.3 Å². The summed E-state index contributed by atoms with van der Waals surface area (Å²) in [6.07, 6.45) is 1.68. The predicted molar refractivity (Wildman–Crippen MR) is 117 cm³/mol. The van der Waals surface area contributed by atoms with Crippen molar-refractivity contribution in [1.29, 1.82) is 0 Å². The number of nitrogens with zero attached hydrogens (tertiary/aromatic N) is 3. The Labute approximate surface area is 174 Å². The molecule has 0 radical (unpaired) electrons. The first kappa shape index (κ1) is 19.2. The van der Waals surface area contributed by atoms with E-state index in [0.29, 0.717) is 22.1 Å². The van der Waals surface area contributed by atoms with Gasteiger partial charge in [-0.15, -0.1) is 0 Å². The van der Waals surface area contributed by atoms with E-state index >= 15 is 0 Å². The number of carbonyl (C=O) groups excluding carboxylic acids is 1. The fourth-order valence-corrected chi connectivity index (χ4v) is 3.24. The number of hydrogen-bond donors (Lipinski definition) is 1. The lowest BCUT2D eigenvalue weighted by Crippen LogP contribution is -2.15. The van der Waals surface area contributed by atoms with Crippen LogP contribution in [0.4, 0.5) is 5.82 Å². The van der Waals surface area contributed by atoms with Gasteiger partial charge in [-0.3, -0.25) is 4.79 Å². The maximum absolute atomic E-state index is 12.8. The first-order chi connectivity index (χ1) is 13.8. The first-order valence-electron chi connectivity index (χ1n) is 9.34. The van der Waals surface area contributed by atoms with Crippen molar-refractivity contribution in [3.63, 3.8) is 0 Å². The molecule has 0 saturated carbocycles. The Kier molecular flexibility index (Phi) is 4.84. The molecule has 2 aromatic carbocycles. The quantitative estimate of drug-likeness (QED) is 0.483. The molecule has 4 rings (SSSR count). The third kappa shape index (κ3) is 4.00. The van der Waals surface area contributed by atoms with Crippen LogP contribution in [-0.4, -0.2) is 20.5 Å². The number of anilines is 1. The Balaban J connectivity index is 1.66. The number of aromatic nitrogens is 3. The summed E-state index contributed by atoms with van der Waals surface area (Å²) in [4.78, 5) is 17.3. The van der Waals surface area contributed by atoms with Crippen LogP contribution in [0.2, 0.25) is 5.02 Å². The molecule has 29 heavy (non-hydrogen) atoms. The standard InChI is InChI=1S/C23H21ClN4O/c1-23(2,3)17-8-4-16(5-9-17)22(29)27-20-14-19(15-6-10-18(24)11-7-15)28-21(26-20)12-13-25-28/h4-14H,1-3H3,(H,26,27,29). The second-order valence-electron chi connectivity index (χ2n) is 7.92. The van der Waals surface area contributed by atoms with E-state index in [1.165, 1.54) is 5.56 Å². The van der Waals surface area contributed by atoms with Crippen LogP contribution < -0.4 is 5.32 Å². The molecule has 0 aliphatic carbocycles. The molecule has 2 heterocycles. The monoisotopic (exact) mass is 404 g/mol. The van der Waals surface area contributed by atoms with E-state index in [2.05, 4.69) is 36.2 Å². The Bertz CT molecular complexity index is 1170. The normalized spacial score (nSPS) is 11.6. The summed E-state index contributed by atoms with van der Waals surface area (Å²) in [6, 6.07) is 18.7. The molecule has 0 aliphatic heterocycles. The molecular formula is C23H21ClN4O. The van der Waals surface area contributed by atoms with E-state index in [9.17, 15) is 4.79 Å². The minimum absolute atomic E-state index is 0.0388. The molecule has 0 atom stereocenters. The average molecular weight is 405 g/mol. The van der Waals surface area contributed by atoms with Gasteiger partial charge in [-0.05, 0) is 35.2 Å². The second-order valence-corrected chi connectivity index (χ2v) is 8.35. The number of fused-ring (bicyclic) bond motifs is 1. The zero-order chi connectivity index (χ0) is 20.6.